The molecule has 3 atom stereocenters. The van der Waals surface area contributed by atoms with Gasteiger partial charge in [0.15, 0.2) is 0 Å². The second-order valence-electron chi connectivity index (χ2n) is 5.21. The molecule has 3 heteroatoms. The molecule has 1 aliphatic carbocycles. The number of nitrogens with one attached hydrogen (secondary N) is 1. The van der Waals surface area contributed by atoms with Gasteiger partial charge in [0.05, 0.1) is 6.10 Å². The van der Waals surface area contributed by atoms with Crippen LogP contribution in [-0.4, -0.2) is 19.3 Å². The van der Waals surface area contributed by atoms with E-state index < -0.39 is 0 Å². The van der Waals surface area contributed by atoms with Crippen LogP contribution >= 0.6 is 0 Å². The van der Waals surface area contributed by atoms with Crippen LogP contribution in [0.25, 0.3) is 0 Å². The minimum atomic E-state index is -0.129. The Kier molecular flexibility index (Phi) is 4.36. The van der Waals surface area contributed by atoms with Crippen molar-refractivity contribution in [3.8, 4) is 0 Å². The van der Waals surface area contributed by atoms with Crippen LogP contribution in [0.5, 0.6) is 0 Å². The fraction of sp³-hybridized carbons (Fsp3) is 0.600. The fourth-order valence-electron chi connectivity index (χ4n) is 2.69. The highest BCUT2D eigenvalue weighted by atomic mass is 19.1. The van der Waals surface area contributed by atoms with E-state index in [0.717, 1.165) is 18.4 Å². The maximum atomic E-state index is 13.5. The Morgan fingerprint density at radius 3 is 2.83 bits per heavy atom. The minimum Gasteiger partial charge on any atom is -0.380 e. The van der Waals surface area contributed by atoms with Crippen molar-refractivity contribution in [2.75, 3.05) is 7.11 Å². The molecule has 0 aromatic heterocycles. The zero-order valence-corrected chi connectivity index (χ0v) is 11.4. The average molecular weight is 251 g/mol. The molecule has 2 rings (SSSR count). The average Bonchev–Trinajstić information content (AvgIpc) is 2.79. The summed E-state index contributed by atoms with van der Waals surface area (Å²) in [7, 11) is 1.76. The van der Waals surface area contributed by atoms with Crippen molar-refractivity contribution in [2.24, 2.45) is 0 Å². The topological polar surface area (TPSA) is 21.3 Å². The molecule has 1 aromatic carbocycles. The van der Waals surface area contributed by atoms with Gasteiger partial charge in [0.2, 0.25) is 0 Å². The standard InChI is InChI=1S/C15H22FNO/c1-10-7-8-12(9-13(10)16)11(2)17-14-5-4-6-15(14)18-3/h7-9,11,14-15,17H,4-6H2,1-3H3. The van der Waals surface area contributed by atoms with Gasteiger partial charge in [0, 0.05) is 19.2 Å². The molecule has 0 heterocycles. The molecule has 1 N–H and O–H groups in total. The van der Waals surface area contributed by atoms with Crippen molar-refractivity contribution in [1.29, 1.82) is 0 Å². The number of ether oxygens (including phenoxy) is 1. The number of hydrogen-bond donors (Lipinski definition) is 1. The Labute approximate surface area is 109 Å². The summed E-state index contributed by atoms with van der Waals surface area (Å²) in [6.45, 7) is 3.87. The van der Waals surface area contributed by atoms with Crippen LogP contribution in [0.3, 0.4) is 0 Å². The van der Waals surface area contributed by atoms with Crippen LogP contribution < -0.4 is 5.32 Å². The lowest BCUT2D eigenvalue weighted by molar-refractivity contribution is 0.0819. The molecule has 1 saturated carbocycles. The van der Waals surface area contributed by atoms with E-state index in [1.807, 2.05) is 12.1 Å². The first-order chi connectivity index (χ1) is 8.61. The van der Waals surface area contributed by atoms with Crippen molar-refractivity contribution < 1.29 is 9.13 Å². The maximum absolute atomic E-state index is 13.5. The van der Waals surface area contributed by atoms with E-state index >= 15 is 0 Å². The predicted molar refractivity (Wildman–Crippen MR) is 71.1 cm³/mol. The number of benzene rings is 1. The Hall–Kier alpha value is -0.930. The summed E-state index contributed by atoms with van der Waals surface area (Å²) in [5.74, 6) is -0.129. The van der Waals surface area contributed by atoms with Crippen LogP contribution in [0, 0.1) is 12.7 Å². The maximum Gasteiger partial charge on any atom is 0.126 e. The summed E-state index contributed by atoms with van der Waals surface area (Å²) in [6.07, 6.45) is 3.74. The van der Waals surface area contributed by atoms with Crippen molar-refractivity contribution >= 4 is 0 Å². The number of hydrogen-bond acceptors (Lipinski definition) is 2. The van der Waals surface area contributed by atoms with Gasteiger partial charge >= 0.3 is 0 Å². The van der Waals surface area contributed by atoms with Crippen molar-refractivity contribution in [1.82, 2.24) is 5.32 Å². The van der Waals surface area contributed by atoms with Gasteiger partial charge in [-0.15, -0.1) is 0 Å². The van der Waals surface area contributed by atoms with E-state index in [-0.39, 0.29) is 11.9 Å². The molecule has 1 aromatic rings. The normalized spacial score (nSPS) is 25.3. The molecule has 18 heavy (non-hydrogen) atoms. The molecule has 3 unspecified atom stereocenters. The first kappa shape index (κ1) is 13.5. The molecule has 0 spiro atoms. The number of methoxy groups -OCH3 is 1. The van der Waals surface area contributed by atoms with Gasteiger partial charge in [-0.25, -0.2) is 4.39 Å². The number of aryl methyl sites for hydroxylation is 1. The van der Waals surface area contributed by atoms with Crippen LogP contribution in [-0.2, 0) is 4.74 Å². The Balaban J connectivity index is 2.02. The third-order valence-corrected chi connectivity index (χ3v) is 3.92. The Morgan fingerprint density at radius 1 is 1.39 bits per heavy atom. The summed E-state index contributed by atoms with van der Waals surface area (Å²) in [6, 6.07) is 6.00. The molecule has 0 saturated heterocycles. The summed E-state index contributed by atoms with van der Waals surface area (Å²) < 4.78 is 19.0. The van der Waals surface area contributed by atoms with Crippen LogP contribution in [0.1, 0.15) is 43.4 Å². The zero-order chi connectivity index (χ0) is 13.1. The summed E-state index contributed by atoms with van der Waals surface area (Å²) >= 11 is 0. The van der Waals surface area contributed by atoms with E-state index in [1.54, 1.807) is 20.1 Å². The smallest absolute Gasteiger partial charge is 0.126 e. The minimum absolute atomic E-state index is 0.129. The second kappa shape index (κ2) is 5.81. The predicted octanol–water partition coefficient (Wildman–Crippen LogP) is 3.35. The monoisotopic (exact) mass is 251 g/mol. The Morgan fingerprint density at radius 2 is 2.17 bits per heavy atom. The first-order valence-corrected chi connectivity index (χ1v) is 6.66. The molecule has 1 fully saturated rings. The van der Waals surface area contributed by atoms with Gasteiger partial charge in [-0.05, 0) is 50.3 Å². The van der Waals surface area contributed by atoms with Crippen molar-refractivity contribution in [2.45, 2.75) is 51.3 Å². The second-order valence-corrected chi connectivity index (χ2v) is 5.21. The van der Waals surface area contributed by atoms with Gasteiger partial charge in [0.1, 0.15) is 5.82 Å². The molecule has 100 valence electrons. The third-order valence-electron chi connectivity index (χ3n) is 3.92. The number of rotatable bonds is 4. The highest BCUT2D eigenvalue weighted by molar-refractivity contribution is 5.25. The van der Waals surface area contributed by atoms with Gasteiger partial charge in [-0.2, -0.15) is 0 Å². The molecule has 0 amide bonds. The lowest BCUT2D eigenvalue weighted by atomic mass is 10.0. The zero-order valence-electron chi connectivity index (χ0n) is 11.4. The molecule has 0 aliphatic heterocycles. The highest BCUT2D eigenvalue weighted by Crippen LogP contribution is 2.25. The van der Waals surface area contributed by atoms with Gasteiger partial charge in [-0.1, -0.05) is 12.1 Å². The molecular formula is C15H22FNO. The van der Waals surface area contributed by atoms with Crippen LogP contribution in [0.2, 0.25) is 0 Å². The highest BCUT2D eigenvalue weighted by Gasteiger charge is 2.28. The first-order valence-electron chi connectivity index (χ1n) is 6.66. The molecule has 1 aliphatic rings. The summed E-state index contributed by atoms with van der Waals surface area (Å²) in [5.41, 5.74) is 1.70. The van der Waals surface area contributed by atoms with E-state index in [0.29, 0.717) is 17.7 Å². The lowest BCUT2D eigenvalue weighted by Crippen LogP contribution is -2.38. The third kappa shape index (κ3) is 2.90. The molecule has 2 nitrogen and oxygen atoms in total. The molecule has 0 radical (unpaired) electrons. The number of halogens is 1. The molecule has 0 bridgehead atoms. The van der Waals surface area contributed by atoms with E-state index in [1.165, 1.54) is 6.42 Å². The Bertz CT molecular complexity index is 407. The van der Waals surface area contributed by atoms with Crippen LogP contribution in [0.4, 0.5) is 4.39 Å². The summed E-state index contributed by atoms with van der Waals surface area (Å²) in [4.78, 5) is 0. The van der Waals surface area contributed by atoms with E-state index in [2.05, 4.69) is 12.2 Å². The van der Waals surface area contributed by atoms with Crippen molar-refractivity contribution in [3.63, 3.8) is 0 Å². The van der Waals surface area contributed by atoms with Gasteiger partial charge in [0.25, 0.3) is 0 Å². The quantitative estimate of drug-likeness (QED) is 0.886. The SMILES string of the molecule is COC1CCCC1NC(C)c1ccc(C)c(F)c1. The van der Waals surface area contributed by atoms with E-state index in [9.17, 15) is 4.39 Å². The van der Waals surface area contributed by atoms with Crippen molar-refractivity contribution in [3.05, 3.63) is 35.1 Å². The summed E-state index contributed by atoms with van der Waals surface area (Å²) in [5, 5.41) is 3.55. The molecular weight excluding hydrogens is 229 g/mol. The van der Waals surface area contributed by atoms with E-state index in [4.69, 9.17) is 4.74 Å². The van der Waals surface area contributed by atoms with Gasteiger partial charge < -0.3 is 10.1 Å². The lowest BCUT2D eigenvalue weighted by Gasteiger charge is -2.24. The largest absolute Gasteiger partial charge is 0.380 e. The fourth-order valence-corrected chi connectivity index (χ4v) is 2.69. The van der Waals surface area contributed by atoms with Gasteiger partial charge in [-0.3, -0.25) is 0 Å². The van der Waals surface area contributed by atoms with Crippen LogP contribution in [0.15, 0.2) is 18.2 Å².